The summed E-state index contributed by atoms with van der Waals surface area (Å²) >= 11 is 0. The first-order valence-corrected chi connectivity index (χ1v) is 4.88. The highest BCUT2D eigenvalue weighted by Crippen LogP contribution is 2.24. The molecule has 0 saturated carbocycles. The molecule has 1 aromatic heterocycles. The molecule has 16 heavy (non-hydrogen) atoms. The second-order valence-corrected chi connectivity index (χ2v) is 3.60. The van der Waals surface area contributed by atoms with E-state index in [1.165, 1.54) is 12.1 Å². The first-order chi connectivity index (χ1) is 7.63. The minimum absolute atomic E-state index is 0.296. The SMILES string of the molecule is Cc1nn(C)c(-c2ccc(F)cc2)c1C=O. The number of hydrogen-bond donors (Lipinski definition) is 0. The minimum atomic E-state index is -0.296. The van der Waals surface area contributed by atoms with Crippen molar-refractivity contribution in [3.63, 3.8) is 0 Å². The largest absolute Gasteiger partial charge is 0.298 e. The number of aromatic nitrogens is 2. The maximum Gasteiger partial charge on any atom is 0.154 e. The average molecular weight is 218 g/mol. The molecule has 1 heterocycles. The summed E-state index contributed by atoms with van der Waals surface area (Å²) in [6, 6.07) is 6.01. The Kier molecular flexibility index (Phi) is 2.56. The third kappa shape index (κ3) is 1.62. The van der Waals surface area contributed by atoms with Crippen LogP contribution in [0.3, 0.4) is 0 Å². The summed E-state index contributed by atoms with van der Waals surface area (Å²) in [6.07, 6.45) is 0.779. The van der Waals surface area contributed by atoms with Gasteiger partial charge in [-0.1, -0.05) is 0 Å². The summed E-state index contributed by atoms with van der Waals surface area (Å²) in [6.45, 7) is 1.77. The van der Waals surface area contributed by atoms with Gasteiger partial charge in [0.2, 0.25) is 0 Å². The molecule has 0 spiro atoms. The molecule has 0 atom stereocenters. The maximum atomic E-state index is 12.8. The normalized spacial score (nSPS) is 10.4. The number of rotatable bonds is 2. The first kappa shape index (κ1) is 10.5. The van der Waals surface area contributed by atoms with Crippen molar-refractivity contribution < 1.29 is 9.18 Å². The van der Waals surface area contributed by atoms with Crippen LogP contribution >= 0.6 is 0 Å². The molecule has 0 aliphatic carbocycles. The van der Waals surface area contributed by atoms with Crippen molar-refractivity contribution in [1.29, 1.82) is 0 Å². The van der Waals surface area contributed by atoms with Gasteiger partial charge in [0.15, 0.2) is 6.29 Å². The minimum Gasteiger partial charge on any atom is -0.298 e. The zero-order valence-corrected chi connectivity index (χ0v) is 9.07. The van der Waals surface area contributed by atoms with Crippen molar-refractivity contribution in [1.82, 2.24) is 9.78 Å². The molecule has 1 aromatic carbocycles. The summed E-state index contributed by atoms with van der Waals surface area (Å²) in [5, 5.41) is 4.17. The predicted octanol–water partition coefficient (Wildman–Crippen LogP) is 2.35. The monoisotopic (exact) mass is 218 g/mol. The summed E-state index contributed by atoms with van der Waals surface area (Å²) in [4.78, 5) is 11.0. The Bertz CT molecular complexity index is 529. The quantitative estimate of drug-likeness (QED) is 0.725. The van der Waals surface area contributed by atoms with Crippen molar-refractivity contribution in [2.45, 2.75) is 6.92 Å². The molecule has 82 valence electrons. The zero-order chi connectivity index (χ0) is 11.7. The van der Waals surface area contributed by atoms with E-state index in [0.29, 0.717) is 17.0 Å². The van der Waals surface area contributed by atoms with Gasteiger partial charge in [-0.25, -0.2) is 4.39 Å². The van der Waals surface area contributed by atoms with Crippen LogP contribution in [0.2, 0.25) is 0 Å². The topological polar surface area (TPSA) is 34.9 Å². The molecule has 0 radical (unpaired) electrons. The van der Waals surface area contributed by atoms with Gasteiger partial charge in [0.05, 0.1) is 17.0 Å². The molecule has 0 saturated heterocycles. The van der Waals surface area contributed by atoms with Crippen molar-refractivity contribution >= 4 is 6.29 Å². The van der Waals surface area contributed by atoms with E-state index in [1.807, 2.05) is 0 Å². The molecule has 0 bridgehead atoms. The maximum absolute atomic E-state index is 12.8. The Hall–Kier alpha value is -1.97. The second-order valence-electron chi connectivity index (χ2n) is 3.60. The van der Waals surface area contributed by atoms with Gasteiger partial charge >= 0.3 is 0 Å². The van der Waals surface area contributed by atoms with Crippen LogP contribution in [0.1, 0.15) is 16.1 Å². The van der Waals surface area contributed by atoms with Gasteiger partial charge in [-0.15, -0.1) is 0 Å². The smallest absolute Gasteiger partial charge is 0.154 e. The third-order valence-corrected chi connectivity index (χ3v) is 2.50. The van der Waals surface area contributed by atoms with E-state index in [4.69, 9.17) is 0 Å². The molecule has 0 unspecified atom stereocenters. The fourth-order valence-corrected chi connectivity index (χ4v) is 1.77. The number of benzene rings is 1. The summed E-state index contributed by atoms with van der Waals surface area (Å²) in [5.41, 5.74) is 2.73. The molecular weight excluding hydrogens is 207 g/mol. The lowest BCUT2D eigenvalue weighted by Gasteiger charge is -2.02. The highest BCUT2D eigenvalue weighted by Gasteiger charge is 2.13. The van der Waals surface area contributed by atoms with Crippen molar-refractivity contribution in [2.24, 2.45) is 7.05 Å². The molecular formula is C12H11FN2O. The Morgan fingerprint density at radius 3 is 2.50 bits per heavy atom. The highest BCUT2D eigenvalue weighted by molar-refractivity contribution is 5.87. The number of carbonyl (C=O) groups is 1. The molecule has 0 aliphatic rings. The van der Waals surface area contributed by atoms with Crippen LogP contribution in [0.5, 0.6) is 0 Å². The zero-order valence-electron chi connectivity index (χ0n) is 9.07. The summed E-state index contributed by atoms with van der Waals surface area (Å²) in [5.74, 6) is -0.296. The van der Waals surface area contributed by atoms with Crippen molar-refractivity contribution in [3.8, 4) is 11.3 Å². The molecule has 3 nitrogen and oxygen atoms in total. The lowest BCUT2D eigenvalue weighted by Crippen LogP contribution is -1.95. The lowest BCUT2D eigenvalue weighted by atomic mass is 10.1. The Labute approximate surface area is 92.5 Å². The Morgan fingerprint density at radius 1 is 1.31 bits per heavy atom. The fourth-order valence-electron chi connectivity index (χ4n) is 1.77. The number of carbonyl (C=O) groups excluding carboxylic acids is 1. The number of nitrogens with zero attached hydrogens (tertiary/aromatic N) is 2. The molecule has 0 N–H and O–H groups in total. The van der Waals surface area contributed by atoms with Crippen LogP contribution < -0.4 is 0 Å². The summed E-state index contributed by atoms with van der Waals surface area (Å²) < 4.78 is 14.4. The first-order valence-electron chi connectivity index (χ1n) is 4.88. The van der Waals surface area contributed by atoms with Crippen molar-refractivity contribution in [2.75, 3.05) is 0 Å². The number of aldehydes is 1. The predicted molar refractivity (Wildman–Crippen MR) is 58.7 cm³/mol. The highest BCUT2D eigenvalue weighted by atomic mass is 19.1. The van der Waals surface area contributed by atoms with Gasteiger partial charge in [0.25, 0.3) is 0 Å². The van der Waals surface area contributed by atoms with E-state index >= 15 is 0 Å². The fraction of sp³-hybridized carbons (Fsp3) is 0.167. The lowest BCUT2D eigenvalue weighted by molar-refractivity contribution is 0.112. The Balaban J connectivity index is 2.63. The van der Waals surface area contributed by atoms with Gasteiger partial charge in [0.1, 0.15) is 5.82 Å². The second kappa shape index (κ2) is 3.89. The van der Waals surface area contributed by atoms with E-state index < -0.39 is 0 Å². The number of halogens is 1. The van der Waals surface area contributed by atoms with Crippen LogP contribution in [0.4, 0.5) is 4.39 Å². The van der Waals surface area contributed by atoms with Gasteiger partial charge in [-0.2, -0.15) is 5.10 Å². The van der Waals surface area contributed by atoms with E-state index in [2.05, 4.69) is 5.10 Å². The van der Waals surface area contributed by atoms with E-state index in [9.17, 15) is 9.18 Å². The van der Waals surface area contributed by atoms with Gasteiger partial charge in [0, 0.05) is 12.6 Å². The van der Waals surface area contributed by atoms with Gasteiger partial charge in [-0.3, -0.25) is 9.48 Å². The molecule has 2 aromatic rings. The van der Waals surface area contributed by atoms with Crippen LogP contribution in [-0.2, 0) is 7.05 Å². The van der Waals surface area contributed by atoms with Gasteiger partial charge in [-0.05, 0) is 31.2 Å². The third-order valence-electron chi connectivity index (χ3n) is 2.50. The molecule has 0 aliphatic heterocycles. The summed E-state index contributed by atoms with van der Waals surface area (Å²) in [7, 11) is 1.76. The van der Waals surface area contributed by atoms with Crippen molar-refractivity contribution in [3.05, 3.63) is 41.3 Å². The van der Waals surface area contributed by atoms with Crippen LogP contribution in [0.25, 0.3) is 11.3 Å². The van der Waals surface area contributed by atoms with Gasteiger partial charge < -0.3 is 0 Å². The molecule has 2 rings (SSSR count). The average Bonchev–Trinajstić information content (AvgIpc) is 2.54. The molecule has 4 heteroatoms. The van der Waals surface area contributed by atoms with Crippen LogP contribution in [-0.4, -0.2) is 16.1 Å². The molecule has 0 fully saturated rings. The Morgan fingerprint density at radius 2 is 1.94 bits per heavy atom. The van der Waals surface area contributed by atoms with Crippen LogP contribution in [0.15, 0.2) is 24.3 Å². The van der Waals surface area contributed by atoms with E-state index in [0.717, 1.165) is 11.8 Å². The standard InChI is InChI=1S/C12H11FN2O/c1-8-11(7-16)12(15(2)14-8)9-3-5-10(13)6-4-9/h3-7H,1-2H3. The van der Waals surface area contributed by atoms with Crippen LogP contribution in [0, 0.1) is 12.7 Å². The number of hydrogen-bond acceptors (Lipinski definition) is 2. The number of aryl methyl sites for hydroxylation is 2. The van der Waals surface area contributed by atoms with E-state index in [-0.39, 0.29) is 5.82 Å². The molecule has 0 amide bonds. The van der Waals surface area contributed by atoms with E-state index in [1.54, 1.807) is 30.8 Å².